The maximum atomic E-state index is 12.7. The predicted molar refractivity (Wildman–Crippen MR) is 109 cm³/mol. The smallest absolute Gasteiger partial charge is 0.326 e. The third-order valence-corrected chi connectivity index (χ3v) is 4.51. The van der Waals surface area contributed by atoms with Gasteiger partial charge >= 0.3 is 11.9 Å². The van der Waals surface area contributed by atoms with Crippen LogP contribution in [0.2, 0.25) is 0 Å². The summed E-state index contributed by atoms with van der Waals surface area (Å²) in [6.07, 6.45) is 0.364. The van der Waals surface area contributed by atoms with Gasteiger partial charge in [0.25, 0.3) is 0 Å². The molecular weight excluding hydrogens is 444 g/mol. The molecule has 15 heteroatoms. The first-order valence-electron chi connectivity index (χ1n) is 9.83. The number of rotatable bonds is 14. The fourth-order valence-corrected chi connectivity index (χ4v) is 2.58. The van der Waals surface area contributed by atoms with Crippen molar-refractivity contribution in [1.29, 1.82) is 0 Å². The van der Waals surface area contributed by atoms with E-state index in [0.29, 0.717) is 5.69 Å². The number of hydrogen-bond acceptors (Lipinski definition) is 9. The van der Waals surface area contributed by atoms with Crippen LogP contribution in [0.25, 0.3) is 0 Å². The number of carboxylic acids is 2. The van der Waals surface area contributed by atoms with Gasteiger partial charge in [0.1, 0.15) is 24.2 Å². The van der Waals surface area contributed by atoms with Crippen LogP contribution in [-0.4, -0.2) is 96.9 Å². The van der Waals surface area contributed by atoms with Gasteiger partial charge in [0.15, 0.2) is 0 Å². The summed E-state index contributed by atoms with van der Waals surface area (Å²) in [5, 5.41) is 43.5. The normalized spacial score (nSPS) is 15.4. The number of carboxylic acid groups (broad SMARTS) is 2. The van der Waals surface area contributed by atoms with Gasteiger partial charge < -0.3 is 47.1 Å². The summed E-state index contributed by atoms with van der Waals surface area (Å²) in [4.78, 5) is 65.9. The van der Waals surface area contributed by atoms with Crippen LogP contribution < -0.4 is 21.7 Å². The highest BCUT2D eigenvalue weighted by Gasteiger charge is 2.31. The van der Waals surface area contributed by atoms with Gasteiger partial charge in [0.05, 0.1) is 19.0 Å². The molecular formula is C18H28N6O9. The van der Waals surface area contributed by atoms with Gasteiger partial charge in [0.2, 0.25) is 17.7 Å². The quantitative estimate of drug-likeness (QED) is 0.126. The van der Waals surface area contributed by atoms with Crippen LogP contribution in [0, 0.1) is 0 Å². The van der Waals surface area contributed by atoms with Gasteiger partial charge in [-0.1, -0.05) is 0 Å². The fraction of sp³-hybridized carbons (Fsp3) is 0.556. The Kier molecular flexibility index (Phi) is 10.9. The molecule has 0 aliphatic rings. The number of aliphatic hydroxyl groups excluding tert-OH is 2. The molecule has 0 fully saturated rings. The Morgan fingerprint density at radius 2 is 1.61 bits per heavy atom. The zero-order chi connectivity index (χ0) is 25.1. The maximum absolute atomic E-state index is 12.7. The number of carbonyl (C=O) groups excluding carboxylic acids is 3. The molecule has 3 amide bonds. The summed E-state index contributed by atoms with van der Waals surface area (Å²) in [6, 6.07) is -5.81. The van der Waals surface area contributed by atoms with Gasteiger partial charge in [0, 0.05) is 24.7 Å². The number of hydrogen-bond donors (Lipinski definition) is 9. The number of H-pyrrole nitrogens is 1. The summed E-state index contributed by atoms with van der Waals surface area (Å²) in [7, 11) is 0. The Morgan fingerprint density at radius 3 is 2.09 bits per heavy atom. The number of nitrogens with two attached hydrogens (primary N) is 1. The van der Waals surface area contributed by atoms with Crippen molar-refractivity contribution < 1.29 is 44.4 Å². The molecule has 10 N–H and O–H groups in total. The van der Waals surface area contributed by atoms with Crippen LogP contribution in [0.5, 0.6) is 0 Å². The van der Waals surface area contributed by atoms with E-state index in [1.165, 1.54) is 19.4 Å². The average Bonchev–Trinajstić information content (AvgIpc) is 3.25. The molecule has 5 unspecified atom stereocenters. The van der Waals surface area contributed by atoms with Gasteiger partial charge in [-0.25, -0.2) is 9.78 Å². The van der Waals surface area contributed by atoms with Gasteiger partial charge in [-0.3, -0.25) is 19.2 Å². The van der Waals surface area contributed by atoms with Crippen molar-refractivity contribution in [3.63, 3.8) is 0 Å². The zero-order valence-electron chi connectivity index (χ0n) is 17.7. The van der Waals surface area contributed by atoms with Crippen LogP contribution in [0.15, 0.2) is 12.5 Å². The van der Waals surface area contributed by atoms with Crippen LogP contribution in [0.1, 0.15) is 25.5 Å². The second kappa shape index (κ2) is 13.1. The molecule has 0 radical (unpaired) electrons. The Labute approximate surface area is 187 Å². The lowest BCUT2D eigenvalue weighted by molar-refractivity contribution is -0.143. The number of carbonyl (C=O) groups is 5. The third-order valence-electron chi connectivity index (χ3n) is 4.51. The maximum Gasteiger partial charge on any atom is 0.326 e. The van der Waals surface area contributed by atoms with Crippen LogP contribution >= 0.6 is 0 Å². The first-order chi connectivity index (χ1) is 15.5. The van der Waals surface area contributed by atoms with Crippen molar-refractivity contribution in [2.45, 2.75) is 56.5 Å². The molecule has 0 saturated heterocycles. The summed E-state index contributed by atoms with van der Waals surface area (Å²) < 4.78 is 0. The van der Waals surface area contributed by atoms with Crippen molar-refractivity contribution in [3.05, 3.63) is 18.2 Å². The second-order valence-electron chi connectivity index (χ2n) is 7.18. The molecule has 1 rings (SSSR count). The van der Waals surface area contributed by atoms with E-state index < -0.39 is 79.4 Å². The van der Waals surface area contributed by atoms with Crippen molar-refractivity contribution in [2.24, 2.45) is 5.73 Å². The minimum absolute atomic E-state index is 0.165. The number of nitrogens with one attached hydrogen (secondary N) is 4. The lowest BCUT2D eigenvalue weighted by Crippen LogP contribution is -2.59. The number of aliphatic carboxylic acids is 2. The van der Waals surface area contributed by atoms with Crippen LogP contribution in [-0.2, 0) is 30.4 Å². The molecule has 5 atom stereocenters. The van der Waals surface area contributed by atoms with E-state index in [0.717, 1.165) is 0 Å². The van der Waals surface area contributed by atoms with Crippen LogP contribution in [0.3, 0.4) is 0 Å². The molecule has 0 aliphatic heterocycles. The molecule has 1 aromatic rings. The minimum Gasteiger partial charge on any atom is -0.481 e. The lowest BCUT2D eigenvalue weighted by atomic mass is 10.1. The Balaban J connectivity index is 2.97. The van der Waals surface area contributed by atoms with Gasteiger partial charge in [-0.15, -0.1) is 0 Å². The van der Waals surface area contributed by atoms with Crippen molar-refractivity contribution in [2.75, 3.05) is 6.61 Å². The Morgan fingerprint density at radius 1 is 1.03 bits per heavy atom. The number of imidazole rings is 1. The zero-order valence-corrected chi connectivity index (χ0v) is 17.7. The van der Waals surface area contributed by atoms with Crippen molar-refractivity contribution in [1.82, 2.24) is 25.9 Å². The SMILES string of the molecule is CC(O)C(N)C(=O)NC(CO)C(=O)NC(Cc1cnc[nH]1)C(=O)NC(CCC(=O)O)C(=O)O. The number of amides is 3. The summed E-state index contributed by atoms with van der Waals surface area (Å²) in [6.45, 7) is 0.394. The monoisotopic (exact) mass is 472 g/mol. The van der Waals surface area contributed by atoms with Gasteiger partial charge in [-0.05, 0) is 13.3 Å². The fourth-order valence-electron chi connectivity index (χ4n) is 2.58. The Hall–Kier alpha value is -3.56. The molecule has 0 spiro atoms. The van der Waals surface area contributed by atoms with E-state index >= 15 is 0 Å². The summed E-state index contributed by atoms with van der Waals surface area (Å²) >= 11 is 0. The minimum atomic E-state index is -1.54. The second-order valence-corrected chi connectivity index (χ2v) is 7.18. The molecule has 0 aliphatic carbocycles. The highest BCUT2D eigenvalue weighted by Crippen LogP contribution is 2.04. The average molecular weight is 472 g/mol. The predicted octanol–water partition coefficient (Wildman–Crippen LogP) is -3.94. The van der Waals surface area contributed by atoms with Crippen LogP contribution in [0.4, 0.5) is 0 Å². The van der Waals surface area contributed by atoms with E-state index in [-0.39, 0.29) is 6.42 Å². The summed E-state index contributed by atoms with van der Waals surface area (Å²) in [5.41, 5.74) is 5.88. The first-order valence-corrected chi connectivity index (χ1v) is 9.83. The first kappa shape index (κ1) is 27.5. The highest BCUT2D eigenvalue weighted by atomic mass is 16.4. The summed E-state index contributed by atoms with van der Waals surface area (Å²) in [5.74, 6) is -5.58. The van der Waals surface area contributed by atoms with E-state index in [1.807, 2.05) is 0 Å². The topological polar surface area (TPSA) is 257 Å². The Bertz CT molecular complexity index is 829. The van der Waals surface area contributed by atoms with E-state index in [1.54, 1.807) is 0 Å². The molecule has 15 nitrogen and oxygen atoms in total. The number of nitrogens with zero attached hydrogens (tertiary/aromatic N) is 1. The molecule has 33 heavy (non-hydrogen) atoms. The number of aromatic amines is 1. The molecule has 184 valence electrons. The van der Waals surface area contributed by atoms with E-state index in [9.17, 15) is 39.3 Å². The van der Waals surface area contributed by atoms with Crippen molar-refractivity contribution >= 4 is 29.7 Å². The number of aliphatic hydroxyl groups is 2. The molecule has 1 heterocycles. The van der Waals surface area contributed by atoms with E-state index in [4.69, 9.17) is 10.8 Å². The standard InChI is InChI=1S/C18H28N6O9/c1-8(26)14(19)17(31)24-12(6-25)16(30)23-11(4-9-5-20-7-21-9)15(29)22-10(18(32)33)2-3-13(27)28/h5,7-8,10-12,14,25-26H,2-4,6,19H2,1H3,(H,20,21)(H,22,29)(H,23,30)(H,24,31)(H,27,28)(H,32,33). The largest absolute Gasteiger partial charge is 0.481 e. The third kappa shape index (κ3) is 9.22. The molecule has 0 aromatic carbocycles. The van der Waals surface area contributed by atoms with Gasteiger partial charge in [-0.2, -0.15) is 0 Å². The lowest BCUT2D eigenvalue weighted by Gasteiger charge is -2.24. The van der Waals surface area contributed by atoms with Crippen molar-refractivity contribution in [3.8, 4) is 0 Å². The molecule has 1 aromatic heterocycles. The number of aromatic nitrogens is 2. The highest BCUT2D eigenvalue weighted by molar-refractivity contribution is 5.94. The van der Waals surface area contributed by atoms with E-state index in [2.05, 4.69) is 25.9 Å². The molecule has 0 saturated carbocycles. The molecule has 0 bridgehead atoms.